The Morgan fingerprint density at radius 1 is 0.920 bits per heavy atom. The van der Waals surface area contributed by atoms with Crippen molar-refractivity contribution in [3.05, 3.63) is 59.7 Å². The normalized spacial score (nSPS) is 20.2. The molecule has 0 atom stereocenters. The van der Waals surface area contributed by atoms with Crippen molar-refractivity contribution in [2.24, 2.45) is 5.92 Å². The number of nitrogens with zero attached hydrogens (tertiary/aromatic N) is 1. The summed E-state index contributed by atoms with van der Waals surface area (Å²) in [5.41, 5.74) is 4.66. The van der Waals surface area contributed by atoms with Gasteiger partial charge in [0.2, 0.25) is 0 Å². The zero-order valence-corrected chi connectivity index (χ0v) is 15.4. The van der Waals surface area contributed by atoms with Gasteiger partial charge in [-0.25, -0.2) is 0 Å². The van der Waals surface area contributed by atoms with Crippen molar-refractivity contribution in [2.75, 3.05) is 0 Å². The smallest absolute Gasteiger partial charge is 0.0994 e. The summed E-state index contributed by atoms with van der Waals surface area (Å²) < 4.78 is 0. The summed E-state index contributed by atoms with van der Waals surface area (Å²) in [6, 6.07) is 19.2. The Balaban J connectivity index is 1.80. The second-order valence-corrected chi connectivity index (χ2v) is 7.46. The molecule has 1 fully saturated rings. The highest BCUT2D eigenvalue weighted by atomic mass is 14.3. The summed E-state index contributed by atoms with van der Waals surface area (Å²) in [6.07, 6.45) is 10.6. The summed E-state index contributed by atoms with van der Waals surface area (Å²) in [5.74, 6) is 1.44. The van der Waals surface area contributed by atoms with Crippen molar-refractivity contribution in [2.45, 2.75) is 64.2 Å². The number of benzene rings is 2. The van der Waals surface area contributed by atoms with E-state index in [0.29, 0.717) is 5.92 Å². The van der Waals surface area contributed by atoms with Crippen LogP contribution >= 0.6 is 0 Å². The molecule has 1 heteroatoms. The Morgan fingerprint density at radius 2 is 1.68 bits per heavy atom. The summed E-state index contributed by atoms with van der Waals surface area (Å²) in [4.78, 5) is 0. The third-order valence-corrected chi connectivity index (χ3v) is 5.78. The van der Waals surface area contributed by atoms with Crippen LogP contribution in [0.5, 0.6) is 0 Å². The molecule has 3 rings (SSSR count). The Hall–Kier alpha value is -2.07. The molecule has 0 aliphatic heterocycles. The van der Waals surface area contributed by atoms with E-state index in [1.807, 2.05) is 12.1 Å². The van der Waals surface area contributed by atoms with E-state index < -0.39 is 0 Å². The lowest BCUT2D eigenvalue weighted by molar-refractivity contribution is 0.303. The predicted octanol–water partition coefficient (Wildman–Crippen LogP) is 7.08. The van der Waals surface area contributed by atoms with Gasteiger partial charge >= 0.3 is 0 Å². The topological polar surface area (TPSA) is 23.8 Å². The highest BCUT2D eigenvalue weighted by molar-refractivity contribution is 5.71. The number of nitriles is 1. The van der Waals surface area contributed by atoms with Gasteiger partial charge in [0.25, 0.3) is 0 Å². The SMILES string of the molecule is CCCCCC1CCC(c2c(C#N)cccc2-c2ccccc2)CC1. The van der Waals surface area contributed by atoms with Gasteiger partial charge in [0.15, 0.2) is 0 Å². The molecule has 2 aromatic rings. The molecule has 1 saturated carbocycles. The van der Waals surface area contributed by atoms with E-state index in [0.717, 1.165) is 11.5 Å². The lowest BCUT2D eigenvalue weighted by Crippen LogP contribution is -2.15. The first kappa shape index (κ1) is 17.7. The van der Waals surface area contributed by atoms with E-state index in [1.54, 1.807) is 0 Å². The van der Waals surface area contributed by atoms with Crippen molar-refractivity contribution in [1.29, 1.82) is 5.26 Å². The van der Waals surface area contributed by atoms with Crippen LogP contribution in [0.1, 0.15) is 75.3 Å². The molecule has 0 saturated heterocycles. The second-order valence-electron chi connectivity index (χ2n) is 7.46. The maximum Gasteiger partial charge on any atom is 0.0994 e. The molecule has 25 heavy (non-hydrogen) atoms. The van der Waals surface area contributed by atoms with Gasteiger partial charge < -0.3 is 0 Å². The molecule has 1 aliphatic rings. The number of hydrogen-bond donors (Lipinski definition) is 0. The summed E-state index contributed by atoms with van der Waals surface area (Å²) >= 11 is 0. The minimum atomic E-state index is 0.536. The van der Waals surface area contributed by atoms with Gasteiger partial charge in [0, 0.05) is 0 Å². The van der Waals surface area contributed by atoms with E-state index in [-0.39, 0.29) is 0 Å². The van der Waals surface area contributed by atoms with Gasteiger partial charge in [-0.05, 0) is 60.3 Å². The van der Waals surface area contributed by atoms with E-state index in [9.17, 15) is 5.26 Å². The van der Waals surface area contributed by atoms with Crippen molar-refractivity contribution >= 4 is 0 Å². The van der Waals surface area contributed by atoms with Crippen molar-refractivity contribution in [3.63, 3.8) is 0 Å². The largest absolute Gasteiger partial charge is 0.192 e. The predicted molar refractivity (Wildman–Crippen MR) is 105 cm³/mol. The molecule has 2 aromatic carbocycles. The lowest BCUT2D eigenvalue weighted by atomic mass is 9.74. The minimum Gasteiger partial charge on any atom is -0.192 e. The molecule has 0 bridgehead atoms. The van der Waals surface area contributed by atoms with E-state index in [2.05, 4.69) is 49.4 Å². The fraction of sp³-hybridized carbons (Fsp3) is 0.458. The average molecular weight is 332 g/mol. The van der Waals surface area contributed by atoms with Crippen LogP contribution in [0.4, 0.5) is 0 Å². The van der Waals surface area contributed by atoms with Crippen molar-refractivity contribution in [1.82, 2.24) is 0 Å². The van der Waals surface area contributed by atoms with Crippen LogP contribution in [-0.2, 0) is 0 Å². The van der Waals surface area contributed by atoms with Gasteiger partial charge in [-0.3, -0.25) is 0 Å². The molecule has 0 radical (unpaired) electrons. The zero-order chi connectivity index (χ0) is 17.5. The van der Waals surface area contributed by atoms with Crippen molar-refractivity contribution < 1.29 is 0 Å². The quantitative estimate of drug-likeness (QED) is 0.519. The highest BCUT2D eigenvalue weighted by Crippen LogP contribution is 2.42. The van der Waals surface area contributed by atoms with Gasteiger partial charge in [0.05, 0.1) is 11.6 Å². The first-order chi connectivity index (χ1) is 12.3. The standard InChI is InChI=1S/C24H29N/c1-2-3-5-9-19-14-16-21(17-15-19)24-22(18-25)12-8-13-23(24)20-10-6-4-7-11-20/h4,6-8,10-13,19,21H,2-3,5,9,14-17H2,1H3. The molecule has 1 nitrogen and oxygen atoms in total. The fourth-order valence-corrected chi connectivity index (χ4v) is 4.39. The monoisotopic (exact) mass is 331 g/mol. The van der Waals surface area contributed by atoms with Gasteiger partial charge in [-0.1, -0.05) is 75.1 Å². The molecular formula is C24H29N. The molecule has 0 spiro atoms. The fourth-order valence-electron chi connectivity index (χ4n) is 4.39. The molecule has 0 heterocycles. The van der Waals surface area contributed by atoms with Crippen LogP contribution in [0, 0.1) is 17.2 Å². The number of rotatable bonds is 6. The van der Waals surface area contributed by atoms with Crippen LogP contribution < -0.4 is 0 Å². The van der Waals surface area contributed by atoms with Gasteiger partial charge in [-0.2, -0.15) is 5.26 Å². The van der Waals surface area contributed by atoms with E-state index >= 15 is 0 Å². The van der Waals surface area contributed by atoms with Crippen LogP contribution in [0.25, 0.3) is 11.1 Å². The summed E-state index contributed by atoms with van der Waals surface area (Å²) in [5, 5.41) is 9.67. The molecule has 0 amide bonds. The molecule has 0 aromatic heterocycles. The highest BCUT2D eigenvalue weighted by Gasteiger charge is 2.26. The zero-order valence-electron chi connectivity index (χ0n) is 15.4. The minimum absolute atomic E-state index is 0.536. The van der Waals surface area contributed by atoms with Crippen LogP contribution in [0.15, 0.2) is 48.5 Å². The molecule has 0 unspecified atom stereocenters. The lowest BCUT2D eigenvalue weighted by Gasteiger charge is -2.30. The molecule has 1 aliphatic carbocycles. The van der Waals surface area contributed by atoms with Gasteiger partial charge in [0.1, 0.15) is 0 Å². The Labute approximate surface area is 152 Å². The average Bonchev–Trinajstić information content (AvgIpc) is 2.69. The van der Waals surface area contributed by atoms with Crippen LogP contribution in [0.3, 0.4) is 0 Å². The third kappa shape index (κ3) is 4.31. The Bertz CT molecular complexity index is 703. The second kappa shape index (κ2) is 8.86. The summed E-state index contributed by atoms with van der Waals surface area (Å²) in [6.45, 7) is 2.28. The van der Waals surface area contributed by atoms with Crippen LogP contribution in [-0.4, -0.2) is 0 Å². The maximum absolute atomic E-state index is 9.67. The summed E-state index contributed by atoms with van der Waals surface area (Å²) in [7, 11) is 0. The number of unbranched alkanes of at least 4 members (excludes halogenated alkanes) is 2. The maximum atomic E-state index is 9.67. The molecule has 0 N–H and O–H groups in total. The van der Waals surface area contributed by atoms with Gasteiger partial charge in [-0.15, -0.1) is 0 Å². The Kier molecular flexibility index (Phi) is 6.29. The van der Waals surface area contributed by atoms with E-state index in [4.69, 9.17) is 0 Å². The number of hydrogen-bond acceptors (Lipinski definition) is 1. The molecular weight excluding hydrogens is 302 g/mol. The van der Waals surface area contributed by atoms with Crippen LogP contribution in [0.2, 0.25) is 0 Å². The first-order valence-electron chi connectivity index (χ1n) is 9.92. The first-order valence-corrected chi connectivity index (χ1v) is 9.92. The van der Waals surface area contributed by atoms with E-state index in [1.165, 1.54) is 68.1 Å². The molecule has 130 valence electrons. The third-order valence-electron chi connectivity index (χ3n) is 5.78. The van der Waals surface area contributed by atoms with Crippen molar-refractivity contribution in [3.8, 4) is 17.2 Å². The Morgan fingerprint density at radius 3 is 2.36 bits per heavy atom.